The molecule has 2 aromatic heterocycles. The van der Waals surface area contributed by atoms with Crippen LogP contribution >= 0.6 is 0 Å². The topological polar surface area (TPSA) is 123 Å². The van der Waals surface area contributed by atoms with Crippen molar-refractivity contribution in [3.63, 3.8) is 0 Å². The molecule has 1 aromatic carbocycles. The summed E-state index contributed by atoms with van der Waals surface area (Å²) >= 11 is 0. The van der Waals surface area contributed by atoms with E-state index >= 15 is 0 Å². The van der Waals surface area contributed by atoms with E-state index in [-0.39, 0.29) is 23.7 Å². The van der Waals surface area contributed by atoms with Gasteiger partial charge in [0.05, 0.1) is 18.8 Å². The number of nitrogens with one attached hydrogen (secondary N) is 1. The monoisotopic (exact) mass is 479 g/mol. The number of aliphatic hydroxyl groups excluding tert-OH is 2. The Bertz CT molecular complexity index is 1130. The number of rotatable bonds is 5. The van der Waals surface area contributed by atoms with Crippen LogP contribution in [0.25, 0.3) is 11.3 Å². The lowest BCUT2D eigenvalue weighted by molar-refractivity contribution is -0.161. The normalized spacial score (nSPS) is 26.1. The zero-order chi connectivity index (χ0) is 23.8. The summed E-state index contributed by atoms with van der Waals surface area (Å²) < 4.78 is 50.0. The predicted molar refractivity (Wildman–Crippen MR) is 111 cm³/mol. The van der Waals surface area contributed by atoms with Gasteiger partial charge in [-0.05, 0) is 38.1 Å². The van der Waals surface area contributed by atoms with Gasteiger partial charge in [0.1, 0.15) is 30.3 Å². The maximum absolute atomic E-state index is 13.7. The average Bonchev–Trinajstić information content (AvgIpc) is 3.53. The third-order valence-electron chi connectivity index (χ3n) is 6.47. The Labute approximate surface area is 192 Å². The zero-order valence-corrected chi connectivity index (χ0v) is 18.1. The Morgan fingerprint density at radius 3 is 2.56 bits per heavy atom. The summed E-state index contributed by atoms with van der Waals surface area (Å²) in [6, 6.07) is 1.18. The molecule has 182 valence electrons. The summed E-state index contributed by atoms with van der Waals surface area (Å²) in [4.78, 5) is 0. The maximum Gasteiger partial charge on any atom is 0.194 e. The molecule has 2 aliphatic rings. The zero-order valence-electron chi connectivity index (χ0n) is 18.1. The first-order valence-electron chi connectivity index (χ1n) is 11.1. The van der Waals surface area contributed by atoms with E-state index in [4.69, 9.17) is 4.74 Å². The number of ether oxygens (including phenoxy) is 1. The van der Waals surface area contributed by atoms with Crippen molar-refractivity contribution < 1.29 is 28.1 Å². The summed E-state index contributed by atoms with van der Waals surface area (Å²) in [5.74, 6) is -3.66. The summed E-state index contributed by atoms with van der Waals surface area (Å²) in [5, 5.41) is 40.3. The van der Waals surface area contributed by atoms with Crippen LogP contribution in [0, 0.1) is 17.5 Å². The first-order chi connectivity index (χ1) is 16.5. The molecule has 34 heavy (non-hydrogen) atoms. The van der Waals surface area contributed by atoms with E-state index in [9.17, 15) is 23.4 Å². The van der Waals surface area contributed by atoms with Gasteiger partial charge in [-0.2, -0.15) is 0 Å². The van der Waals surface area contributed by atoms with Crippen LogP contribution in [-0.4, -0.2) is 71.9 Å². The highest BCUT2D eigenvalue weighted by Gasteiger charge is 2.42. The van der Waals surface area contributed by atoms with Crippen LogP contribution in [0.5, 0.6) is 0 Å². The molecule has 13 heteroatoms. The van der Waals surface area contributed by atoms with Crippen LogP contribution in [-0.2, 0) is 4.74 Å². The lowest BCUT2D eigenvalue weighted by Crippen LogP contribution is -2.46. The van der Waals surface area contributed by atoms with E-state index in [0.29, 0.717) is 5.82 Å². The van der Waals surface area contributed by atoms with Crippen molar-refractivity contribution in [1.82, 2.24) is 35.1 Å². The molecule has 2 saturated heterocycles. The van der Waals surface area contributed by atoms with Crippen LogP contribution in [0.4, 0.5) is 13.2 Å². The van der Waals surface area contributed by atoms with E-state index in [1.807, 2.05) is 4.57 Å². The molecule has 10 nitrogen and oxygen atoms in total. The van der Waals surface area contributed by atoms with Gasteiger partial charge in [0, 0.05) is 18.0 Å². The Hall–Kier alpha value is -2.87. The first kappa shape index (κ1) is 22.9. The number of aromatic nitrogens is 6. The number of aliphatic hydroxyl groups is 2. The highest BCUT2D eigenvalue weighted by Crippen LogP contribution is 2.38. The number of nitrogens with zero attached hydrogens (tertiary/aromatic N) is 6. The van der Waals surface area contributed by atoms with E-state index < -0.39 is 48.4 Å². The number of benzene rings is 1. The molecular weight excluding hydrogens is 455 g/mol. The quantitative estimate of drug-likeness (QED) is 0.468. The number of hydrogen-bond donors (Lipinski definition) is 3. The standard InChI is InChI=1S/C21H24F3N7O3/c22-13-5-11(6-14(23)19(13)24)15-8-31(29-27-15)16-7-17(34-18(9-32)20(16)33)21-28-26-10-30(21)12-1-3-25-4-2-12/h5-6,8,10,12,16-18,20,25,32-33H,1-4,7,9H2. The van der Waals surface area contributed by atoms with Crippen LogP contribution in [0.15, 0.2) is 24.7 Å². The predicted octanol–water partition coefficient (Wildman–Crippen LogP) is 1.30. The van der Waals surface area contributed by atoms with Crippen LogP contribution < -0.4 is 5.32 Å². The molecule has 4 unspecified atom stereocenters. The molecule has 2 fully saturated rings. The summed E-state index contributed by atoms with van der Waals surface area (Å²) in [6.45, 7) is 1.31. The van der Waals surface area contributed by atoms with Crippen molar-refractivity contribution in [1.29, 1.82) is 0 Å². The van der Waals surface area contributed by atoms with Crippen LogP contribution in [0.2, 0.25) is 0 Å². The minimum absolute atomic E-state index is 0.00473. The number of hydrogen-bond acceptors (Lipinski definition) is 8. The Kier molecular flexibility index (Phi) is 6.34. The molecule has 0 aliphatic carbocycles. The van der Waals surface area contributed by atoms with Gasteiger partial charge in [0.25, 0.3) is 0 Å². The second-order valence-corrected chi connectivity index (χ2v) is 8.55. The SMILES string of the molecule is OCC1OC(c2nncn2C2CCNCC2)CC(n2cc(-c3cc(F)c(F)c(F)c3)nn2)C1O. The van der Waals surface area contributed by atoms with Crippen molar-refractivity contribution in [3.8, 4) is 11.3 Å². The largest absolute Gasteiger partial charge is 0.394 e. The molecule has 3 aromatic rings. The highest BCUT2D eigenvalue weighted by atomic mass is 19.2. The van der Waals surface area contributed by atoms with Crippen molar-refractivity contribution in [2.24, 2.45) is 0 Å². The third kappa shape index (κ3) is 4.19. The molecule has 0 radical (unpaired) electrons. The Balaban J connectivity index is 1.43. The van der Waals surface area contributed by atoms with Crippen molar-refractivity contribution in [3.05, 3.63) is 47.9 Å². The number of halogens is 3. The maximum atomic E-state index is 13.7. The van der Waals surface area contributed by atoms with Gasteiger partial charge in [-0.25, -0.2) is 17.9 Å². The van der Waals surface area contributed by atoms with Crippen LogP contribution in [0.3, 0.4) is 0 Å². The summed E-state index contributed by atoms with van der Waals surface area (Å²) in [7, 11) is 0. The van der Waals surface area contributed by atoms with E-state index in [1.54, 1.807) is 6.33 Å². The minimum atomic E-state index is -1.57. The molecular formula is C21H24F3N7O3. The van der Waals surface area contributed by atoms with Gasteiger partial charge in [-0.3, -0.25) is 0 Å². The molecule has 4 atom stereocenters. The molecule has 4 heterocycles. The fraction of sp³-hybridized carbons (Fsp3) is 0.524. The third-order valence-corrected chi connectivity index (χ3v) is 6.47. The van der Waals surface area contributed by atoms with Gasteiger partial charge in [-0.1, -0.05) is 5.21 Å². The van der Waals surface area contributed by atoms with E-state index in [1.165, 1.54) is 10.9 Å². The molecule has 0 amide bonds. The van der Waals surface area contributed by atoms with Gasteiger partial charge < -0.3 is 24.8 Å². The van der Waals surface area contributed by atoms with Crippen molar-refractivity contribution in [2.75, 3.05) is 19.7 Å². The van der Waals surface area contributed by atoms with Crippen LogP contribution in [0.1, 0.15) is 43.3 Å². The van der Waals surface area contributed by atoms with Crippen molar-refractivity contribution in [2.45, 2.75) is 49.7 Å². The fourth-order valence-electron chi connectivity index (χ4n) is 4.66. The minimum Gasteiger partial charge on any atom is -0.394 e. The smallest absolute Gasteiger partial charge is 0.194 e. The molecule has 0 saturated carbocycles. The van der Waals surface area contributed by atoms with Gasteiger partial charge >= 0.3 is 0 Å². The average molecular weight is 479 g/mol. The highest BCUT2D eigenvalue weighted by molar-refractivity contribution is 5.57. The summed E-state index contributed by atoms with van der Waals surface area (Å²) in [6.07, 6.45) is 2.49. The second-order valence-electron chi connectivity index (χ2n) is 8.55. The van der Waals surface area contributed by atoms with Gasteiger partial charge in [0.15, 0.2) is 23.3 Å². The van der Waals surface area contributed by atoms with Gasteiger partial charge in [-0.15, -0.1) is 15.3 Å². The lowest BCUT2D eigenvalue weighted by Gasteiger charge is -2.38. The van der Waals surface area contributed by atoms with Gasteiger partial charge in [0.2, 0.25) is 0 Å². The fourth-order valence-corrected chi connectivity index (χ4v) is 4.66. The second kappa shape index (κ2) is 9.41. The van der Waals surface area contributed by atoms with E-state index in [0.717, 1.165) is 38.1 Å². The summed E-state index contributed by atoms with van der Waals surface area (Å²) in [5.41, 5.74) is 0.108. The molecule has 0 bridgehead atoms. The van der Waals surface area contributed by atoms with Crippen molar-refractivity contribution >= 4 is 0 Å². The molecule has 3 N–H and O–H groups in total. The Morgan fingerprint density at radius 2 is 1.85 bits per heavy atom. The first-order valence-corrected chi connectivity index (χ1v) is 11.1. The molecule has 0 spiro atoms. The van der Waals surface area contributed by atoms with E-state index in [2.05, 4.69) is 25.8 Å². The number of piperidine rings is 1. The molecule has 5 rings (SSSR count). The Morgan fingerprint density at radius 1 is 1.12 bits per heavy atom. The lowest BCUT2D eigenvalue weighted by atomic mass is 9.94. The molecule has 2 aliphatic heterocycles.